The van der Waals surface area contributed by atoms with Crippen LogP contribution in [-0.4, -0.2) is 26.6 Å². The van der Waals surface area contributed by atoms with Crippen molar-refractivity contribution in [2.24, 2.45) is 0 Å². The maximum atomic E-state index is 13.7. The van der Waals surface area contributed by atoms with Crippen LogP contribution in [-0.2, 0) is 0 Å². The number of hydrogen-bond acceptors (Lipinski definition) is 4. The van der Waals surface area contributed by atoms with Gasteiger partial charge < -0.3 is 0 Å². The molecule has 8 heteroatoms. The Morgan fingerprint density at radius 2 is 1.59 bits per heavy atom. The average molecular weight is 390 g/mol. The van der Waals surface area contributed by atoms with E-state index in [1.165, 1.54) is 10.9 Å². The number of halogens is 2. The quantitative estimate of drug-likeness (QED) is 0.488. The number of rotatable bonds is 2. The van der Waals surface area contributed by atoms with Crippen LogP contribution in [0.1, 0.15) is 26.4 Å². The van der Waals surface area contributed by atoms with Crippen molar-refractivity contribution in [3.63, 3.8) is 0 Å². The van der Waals surface area contributed by atoms with Gasteiger partial charge in [0.15, 0.2) is 5.65 Å². The molecule has 29 heavy (non-hydrogen) atoms. The third-order valence-electron chi connectivity index (χ3n) is 4.83. The standard InChI is InChI=1S/C21H12F2N4O2/c1-11-17-18-16(20(28)26(21(18)29)14-5-3-2-4-6-14)10-24-19(17)27(25-11)15-8-12(22)7-13(23)9-15/h2-10H,1H3. The van der Waals surface area contributed by atoms with Gasteiger partial charge in [0.1, 0.15) is 11.6 Å². The largest absolute Gasteiger partial charge is 0.268 e. The number of amides is 2. The molecule has 2 aromatic carbocycles. The number of carbonyl (C=O) groups excluding carboxylic acids is 2. The lowest BCUT2D eigenvalue weighted by atomic mass is 10.1. The number of imide groups is 1. The lowest BCUT2D eigenvalue weighted by Crippen LogP contribution is -2.29. The maximum absolute atomic E-state index is 13.7. The van der Waals surface area contributed by atoms with Gasteiger partial charge in [-0.1, -0.05) is 18.2 Å². The van der Waals surface area contributed by atoms with E-state index in [0.717, 1.165) is 23.1 Å². The van der Waals surface area contributed by atoms with Crippen LogP contribution in [0, 0.1) is 18.6 Å². The Balaban J connectivity index is 1.74. The van der Waals surface area contributed by atoms with Crippen LogP contribution in [0.25, 0.3) is 16.7 Å². The Morgan fingerprint density at radius 3 is 2.28 bits per heavy atom. The van der Waals surface area contributed by atoms with Gasteiger partial charge in [0.25, 0.3) is 11.8 Å². The second-order valence-corrected chi connectivity index (χ2v) is 6.65. The molecule has 0 saturated carbocycles. The van der Waals surface area contributed by atoms with E-state index in [4.69, 9.17) is 0 Å². The van der Waals surface area contributed by atoms with Crippen molar-refractivity contribution in [2.45, 2.75) is 6.92 Å². The molecule has 1 aliphatic rings. The Morgan fingerprint density at radius 1 is 0.897 bits per heavy atom. The predicted molar refractivity (Wildman–Crippen MR) is 101 cm³/mol. The van der Waals surface area contributed by atoms with Crippen LogP contribution >= 0.6 is 0 Å². The Kier molecular flexibility index (Phi) is 3.57. The summed E-state index contributed by atoms with van der Waals surface area (Å²) < 4.78 is 28.6. The van der Waals surface area contributed by atoms with E-state index in [1.807, 2.05) is 0 Å². The topological polar surface area (TPSA) is 68.1 Å². The first kappa shape index (κ1) is 17.2. The van der Waals surface area contributed by atoms with Crippen LogP contribution in [0.5, 0.6) is 0 Å². The molecule has 2 amide bonds. The summed E-state index contributed by atoms with van der Waals surface area (Å²) >= 11 is 0. The molecule has 0 atom stereocenters. The van der Waals surface area contributed by atoms with Crippen molar-refractivity contribution < 1.29 is 18.4 Å². The Labute approximate surface area is 163 Å². The molecule has 0 spiro atoms. The molecule has 0 radical (unpaired) electrons. The smallest absolute Gasteiger partial charge is 0.267 e. The van der Waals surface area contributed by atoms with E-state index in [2.05, 4.69) is 10.1 Å². The number of carbonyl (C=O) groups is 2. The molecule has 0 unspecified atom stereocenters. The number of aromatic nitrogens is 3. The highest BCUT2D eigenvalue weighted by atomic mass is 19.1. The van der Waals surface area contributed by atoms with Crippen LogP contribution in [0.15, 0.2) is 54.7 Å². The van der Waals surface area contributed by atoms with Gasteiger partial charge >= 0.3 is 0 Å². The van der Waals surface area contributed by atoms with Crippen molar-refractivity contribution in [1.82, 2.24) is 14.8 Å². The van der Waals surface area contributed by atoms with Gasteiger partial charge in [0, 0.05) is 12.3 Å². The molecule has 1 aliphatic heterocycles. The van der Waals surface area contributed by atoms with Crippen LogP contribution in [0.2, 0.25) is 0 Å². The van der Waals surface area contributed by atoms with Crippen LogP contribution < -0.4 is 4.90 Å². The van der Waals surface area contributed by atoms with Crippen molar-refractivity contribution in [1.29, 1.82) is 0 Å². The summed E-state index contributed by atoms with van der Waals surface area (Å²) in [5.41, 5.74) is 1.59. The van der Waals surface area contributed by atoms with E-state index in [1.54, 1.807) is 37.3 Å². The molecule has 0 aliphatic carbocycles. The number of pyridine rings is 1. The zero-order valence-corrected chi connectivity index (χ0v) is 15.1. The Hall–Kier alpha value is -3.94. The van der Waals surface area contributed by atoms with E-state index >= 15 is 0 Å². The van der Waals surface area contributed by atoms with Gasteiger partial charge in [-0.2, -0.15) is 5.10 Å². The minimum absolute atomic E-state index is 0.129. The SMILES string of the molecule is Cc1nn(-c2cc(F)cc(F)c2)c2ncc3c(c12)C(=O)N(c1ccccc1)C3=O. The van der Waals surface area contributed by atoms with Gasteiger partial charge in [0.05, 0.1) is 33.6 Å². The third kappa shape index (κ3) is 2.46. The normalized spacial score (nSPS) is 13.4. The minimum Gasteiger partial charge on any atom is -0.268 e. The monoisotopic (exact) mass is 390 g/mol. The van der Waals surface area contributed by atoms with Crippen molar-refractivity contribution in [3.05, 3.63) is 83.2 Å². The summed E-state index contributed by atoms with van der Waals surface area (Å²) in [5, 5.41) is 4.69. The summed E-state index contributed by atoms with van der Waals surface area (Å²) in [7, 11) is 0. The fourth-order valence-corrected chi connectivity index (χ4v) is 3.61. The van der Waals surface area contributed by atoms with E-state index < -0.39 is 23.4 Å². The first-order valence-electron chi connectivity index (χ1n) is 8.74. The second-order valence-electron chi connectivity index (χ2n) is 6.65. The lowest BCUT2D eigenvalue weighted by molar-refractivity contribution is 0.0926. The summed E-state index contributed by atoms with van der Waals surface area (Å²) in [6.07, 6.45) is 1.30. The highest BCUT2D eigenvalue weighted by molar-refractivity contribution is 6.37. The number of aryl methyl sites for hydroxylation is 1. The summed E-state index contributed by atoms with van der Waals surface area (Å²) in [6.45, 7) is 1.65. The first-order chi connectivity index (χ1) is 14.0. The highest BCUT2D eigenvalue weighted by Crippen LogP contribution is 2.34. The summed E-state index contributed by atoms with van der Waals surface area (Å²) in [6, 6.07) is 11.6. The van der Waals surface area contributed by atoms with Gasteiger partial charge in [0.2, 0.25) is 0 Å². The molecule has 2 aromatic heterocycles. The molecule has 142 valence electrons. The maximum Gasteiger partial charge on any atom is 0.267 e. The van der Waals surface area contributed by atoms with Crippen molar-refractivity contribution >= 4 is 28.5 Å². The Bertz CT molecular complexity index is 1310. The fraction of sp³-hybridized carbons (Fsp3) is 0.0476. The van der Waals surface area contributed by atoms with Gasteiger partial charge in [-0.3, -0.25) is 9.59 Å². The van der Waals surface area contributed by atoms with Gasteiger partial charge in [-0.25, -0.2) is 23.3 Å². The summed E-state index contributed by atoms with van der Waals surface area (Å²) in [4.78, 5) is 31.4. The van der Waals surface area contributed by atoms with Crippen LogP contribution in [0.3, 0.4) is 0 Å². The minimum atomic E-state index is -0.760. The number of fused-ring (bicyclic) bond motifs is 3. The van der Waals surface area contributed by atoms with Gasteiger partial charge in [-0.05, 0) is 31.2 Å². The molecule has 0 N–H and O–H groups in total. The van der Waals surface area contributed by atoms with E-state index in [-0.39, 0.29) is 22.5 Å². The second kappa shape index (κ2) is 6.03. The zero-order chi connectivity index (χ0) is 20.3. The van der Waals surface area contributed by atoms with Crippen molar-refractivity contribution in [2.75, 3.05) is 4.90 Å². The van der Waals surface area contributed by atoms with E-state index in [9.17, 15) is 18.4 Å². The highest BCUT2D eigenvalue weighted by Gasteiger charge is 2.39. The average Bonchev–Trinajstić information content (AvgIpc) is 3.16. The third-order valence-corrected chi connectivity index (χ3v) is 4.83. The number of anilines is 1. The molecule has 6 nitrogen and oxygen atoms in total. The van der Waals surface area contributed by atoms with Crippen molar-refractivity contribution in [3.8, 4) is 5.69 Å². The molecular formula is C21H12F2N4O2. The molecule has 5 rings (SSSR count). The number of nitrogens with zero attached hydrogens (tertiary/aromatic N) is 4. The molecule has 0 fully saturated rings. The molecule has 4 aromatic rings. The van der Waals surface area contributed by atoms with Gasteiger partial charge in [-0.15, -0.1) is 0 Å². The number of hydrogen-bond donors (Lipinski definition) is 0. The molecule has 3 heterocycles. The number of para-hydroxylation sites is 1. The summed E-state index contributed by atoms with van der Waals surface area (Å²) in [5.74, 6) is -2.49. The molecule has 0 saturated heterocycles. The van der Waals surface area contributed by atoms with E-state index in [0.29, 0.717) is 16.8 Å². The first-order valence-corrected chi connectivity index (χ1v) is 8.74. The molecular weight excluding hydrogens is 378 g/mol. The van der Waals surface area contributed by atoms with Crippen LogP contribution in [0.4, 0.5) is 14.5 Å². The molecule has 0 bridgehead atoms. The zero-order valence-electron chi connectivity index (χ0n) is 15.1. The predicted octanol–water partition coefficient (Wildman–Crippen LogP) is 3.81. The number of benzene rings is 2. The lowest BCUT2D eigenvalue weighted by Gasteiger charge is -2.13. The fourth-order valence-electron chi connectivity index (χ4n) is 3.61.